The minimum atomic E-state index is -0.421. The average Bonchev–Trinajstić information content (AvgIpc) is 2.84. The Hall–Kier alpha value is -4.04. The SMILES string of the molecule is CCOC(=O)Cc1ccc(N=Cc2cc([N+](=O)[O-])ccc2Sc2cccc3cccnc23)cc1. The number of non-ortho nitro benzene ring substituents is 1. The summed E-state index contributed by atoms with van der Waals surface area (Å²) in [6.45, 7) is 2.12. The average molecular weight is 472 g/mol. The van der Waals surface area contributed by atoms with Gasteiger partial charge in [-0.3, -0.25) is 24.9 Å². The lowest BCUT2D eigenvalue weighted by molar-refractivity contribution is -0.384. The molecule has 34 heavy (non-hydrogen) atoms. The number of benzene rings is 3. The summed E-state index contributed by atoms with van der Waals surface area (Å²) in [4.78, 5) is 33.4. The van der Waals surface area contributed by atoms with Crippen molar-refractivity contribution >= 4 is 46.2 Å². The third-order valence-electron chi connectivity index (χ3n) is 4.96. The van der Waals surface area contributed by atoms with Gasteiger partial charge in [0.05, 0.1) is 29.2 Å². The van der Waals surface area contributed by atoms with Gasteiger partial charge in [0.2, 0.25) is 0 Å². The number of carbonyl (C=O) groups excluding carboxylic acids is 1. The minimum Gasteiger partial charge on any atom is -0.466 e. The van der Waals surface area contributed by atoms with Crippen LogP contribution in [0.2, 0.25) is 0 Å². The molecule has 0 radical (unpaired) electrons. The molecule has 0 spiro atoms. The molecule has 1 aromatic heterocycles. The highest BCUT2D eigenvalue weighted by molar-refractivity contribution is 7.99. The van der Waals surface area contributed by atoms with Crippen LogP contribution in [0.25, 0.3) is 10.9 Å². The van der Waals surface area contributed by atoms with Gasteiger partial charge in [0, 0.05) is 45.3 Å². The Morgan fingerprint density at radius 3 is 2.65 bits per heavy atom. The van der Waals surface area contributed by atoms with Crippen LogP contribution in [0, 0.1) is 10.1 Å². The maximum atomic E-state index is 11.7. The number of fused-ring (bicyclic) bond motifs is 1. The van der Waals surface area contributed by atoms with E-state index in [0.29, 0.717) is 17.9 Å². The second-order valence-corrected chi connectivity index (χ2v) is 8.40. The number of rotatable bonds is 8. The van der Waals surface area contributed by atoms with Crippen molar-refractivity contribution in [1.82, 2.24) is 4.98 Å². The number of nitro benzene ring substituents is 1. The molecule has 170 valence electrons. The smallest absolute Gasteiger partial charge is 0.310 e. The van der Waals surface area contributed by atoms with E-state index in [-0.39, 0.29) is 18.1 Å². The van der Waals surface area contributed by atoms with E-state index in [0.717, 1.165) is 26.3 Å². The number of carbonyl (C=O) groups is 1. The van der Waals surface area contributed by atoms with Crippen LogP contribution in [0.4, 0.5) is 11.4 Å². The number of hydrogen-bond donors (Lipinski definition) is 0. The molecule has 1 heterocycles. The Balaban J connectivity index is 1.61. The molecule has 7 nitrogen and oxygen atoms in total. The second-order valence-electron chi connectivity index (χ2n) is 7.32. The number of esters is 1. The van der Waals surface area contributed by atoms with Crippen LogP contribution in [-0.2, 0) is 16.0 Å². The topological polar surface area (TPSA) is 94.7 Å². The van der Waals surface area contributed by atoms with E-state index in [1.54, 1.807) is 37.5 Å². The highest BCUT2D eigenvalue weighted by atomic mass is 32.2. The van der Waals surface area contributed by atoms with Gasteiger partial charge in [0.1, 0.15) is 0 Å². The van der Waals surface area contributed by atoms with Crippen LogP contribution >= 0.6 is 11.8 Å². The van der Waals surface area contributed by atoms with Crippen molar-refractivity contribution in [3.05, 3.63) is 100 Å². The molecule has 0 aliphatic rings. The highest BCUT2D eigenvalue weighted by Crippen LogP contribution is 2.35. The van der Waals surface area contributed by atoms with Crippen molar-refractivity contribution in [2.45, 2.75) is 23.1 Å². The monoisotopic (exact) mass is 471 g/mol. The number of hydrogen-bond acceptors (Lipinski definition) is 7. The van der Waals surface area contributed by atoms with Crippen LogP contribution < -0.4 is 0 Å². The lowest BCUT2D eigenvalue weighted by Gasteiger charge is -2.08. The van der Waals surface area contributed by atoms with Crippen molar-refractivity contribution < 1.29 is 14.5 Å². The van der Waals surface area contributed by atoms with Gasteiger partial charge in [-0.2, -0.15) is 0 Å². The number of nitro groups is 1. The van der Waals surface area contributed by atoms with Gasteiger partial charge in [0.25, 0.3) is 5.69 Å². The maximum absolute atomic E-state index is 11.7. The molecule has 4 rings (SSSR count). The first-order valence-corrected chi connectivity index (χ1v) is 11.4. The molecule has 0 bridgehead atoms. The molecule has 3 aromatic carbocycles. The lowest BCUT2D eigenvalue weighted by Crippen LogP contribution is -2.07. The number of nitrogens with zero attached hydrogens (tertiary/aromatic N) is 3. The zero-order valence-corrected chi connectivity index (χ0v) is 19.2. The van der Waals surface area contributed by atoms with E-state index in [2.05, 4.69) is 9.98 Å². The lowest BCUT2D eigenvalue weighted by atomic mass is 10.1. The number of pyridine rings is 1. The predicted molar refractivity (Wildman–Crippen MR) is 133 cm³/mol. The first kappa shape index (κ1) is 23.1. The Kier molecular flexibility index (Phi) is 7.29. The zero-order valence-electron chi connectivity index (χ0n) is 18.4. The molecule has 0 saturated carbocycles. The Labute approximate surface area is 200 Å². The molecule has 0 aliphatic heterocycles. The third kappa shape index (κ3) is 5.65. The number of para-hydroxylation sites is 1. The molecule has 0 unspecified atom stereocenters. The quantitative estimate of drug-likeness (QED) is 0.132. The Morgan fingerprint density at radius 2 is 1.88 bits per heavy atom. The maximum Gasteiger partial charge on any atom is 0.310 e. The first-order chi connectivity index (χ1) is 16.5. The molecule has 0 N–H and O–H groups in total. The Morgan fingerprint density at radius 1 is 1.09 bits per heavy atom. The van der Waals surface area contributed by atoms with E-state index in [9.17, 15) is 14.9 Å². The molecular formula is C26H21N3O4S. The minimum absolute atomic E-state index is 0.00775. The summed E-state index contributed by atoms with van der Waals surface area (Å²) in [6, 6.07) is 21.8. The van der Waals surface area contributed by atoms with Gasteiger partial charge >= 0.3 is 5.97 Å². The zero-order chi connectivity index (χ0) is 23.9. The standard InChI is InChI=1S/C26H21N3O4S/c1-2-33-25(30)15-18-8-10-21(11-9-18)28-17-20-16-22(29(31)32)12-13-23(20)34-24-7-3-5-19-6-4-14-27-26(19)24/h3-14,16-17H,2,15H2,1H3. The molecular weight excluding hydrogens is 450 g/mol. The van der Waals surface area contributed by atoms with Crippen LogP contribution in [0.1, 0.15) is 18.1 Å². The van der Waals surface area contributed by atoms with E-state index in [1.165, 1.54) is 23.9 Å². The summed E-state index contributed by atoms with van der Waals surface area (Å²) in [6.07, 6.45) is 3.56. The fraction of sp³-hybridized carbons (Fsp3) is 0.115. The van der Waals surface area contributed by atoms with E-state index >= 15 is 0 Å². The summed E-state index contributed by atoms with van der Waals surface area (Å²) in [5, 5.41) is 12.4. The Bertz CT molecular complexity index is 1370. The van der Waals surface area contributed by atoms with Gasteiger partial charge < -0.3 is 4.74 Å². The van der Waals surface area contributed by atoms with Crippen LogP contribution in [0.3, 0.4) is 0 Å². The van der Waals surface area contributed by atoms with Crippen molar-refractivity contribution in [3.8, 4) is 0 Å². The normalized spacial score (nSPS) is 11.1. The fourth-order valence-corrected chi connectivity index (χ4v) is 4.36. The first-order valence-electron chi connectivity index (χ1n) is 10.6. The van der Waals surface area contributed by atoms with Crippen molar-refractivity contribution in [2.75, 3.05) is 6.61 Å². The summed E-state index contributed by atoms with van der Waals surface area (Å²) >= 11 is 1.49. The van der Waals surface area contributed by atoms with E-state index in [1.807, 2.05) is 42.5 Å². The molecule has 4 aromatic rings. The fourth-order valence-electron chi connectivity index (χ4n) is 3.34. The van der Waals surface area contributed by atoms with Crippen LogP contribution in [0.15, 0.2) is 93.8 Å². The largest absolute Gasteiger partial charge is 0.466 e. The summed E-state index contributed by atoms with van der Waals surface area (Å²) in [7, 11) is 0. The number of aliphatic imine (C=N–C) groups is 1. The van der Waals surface area contributed by atoms with Crippen molar-refractivity contribution in [2.24, 2.45) is 4.99 Å². The van der Waals surface area contributed by atoms with Gasteiger partial charge in [-0.15, -0.1) is 0 Å². The van der Waals surface area contributed by atoms with Crippen LogP contribution in [-0.4, -0.2) is 28.7 Å². The van der Waals surface area contributed by atoms with Gasteiger partial charge in [-0.25, -0.2) is 0 Å². The summed E-state index contributed by atoms with van der Waals surface area (Å²) < 4.78 is 4.97. The molecule has 0 amide bonds. The summed E-state index contributed by atoms with van der Waals surface area (Å²) in [5.41, 5.74) is 2.98. The molecule has 0 atom stereocenters. The molecule has 0 aliphatic carbocycles. The predicted octanol–water partition coefficient (Wildman–Crippen LogP) is 6.15. The van der Waals surface area contributed by atoms with E-state index < -0.39 is 4.92 Å². The number of aromatic nitrogens is 1. The summed E-state index contributed by atoms with van der Waals surface area (Å²) in [5.74, 6) is -0.278. The molecule has 8 heteroatoms. The van der Waals surface area contributed by atoms with Gasteiger partial charge in [-0.05, 0) is 42.8 Å². The molecule has 0 saturated heterocycles. The van der Waals surface area contributed by atoms with Crippen molar-refractivity contribution in [3.63, 3.8) is 0 Å². The van der Waals surface area contributed by atoms with Crippen molar-refractivity contribution in [1.29, 1.82) is 0 Å². The molecule has 0 fully saturated rings. The van der Waals surface area contributed by atoms with Crippen LogP contribution in [0.5, 0.6) is 0 Å². The number of ether oxygens (including phenoxy) is 1. The third-order valence-corrected chi connectivity index (χ3v) is 6.10. The van der Waals surface area contributed by atoms with E-state index in [4.69, 9.17) is 4.74 Å². The second kappa shape index (κ2) is 10.7. The van der Waals surface area contributed by atoms with Gasteiger partial charge in [0.15, 0.2) is 0 Å². The van der Waals surface area contributed by atoms with Gasteiger partial charge in [-0.1, -0.05) is 42.1 Å². The highest BCUT2D eigenvalue weighted by Gasteiger charge is 2.13.